The van der Waals surface area contributed by atoms with Gasteiger partial charge in [-0.25, -0.2) is 0 Å². The summed E-state index contributed by atoms with van der Waals surface area (Å²) in [5.74, 6) is 1.34. The average Bonchev–Trinajstić information content (AvgIpc) is 2.44. The maximum atomic E-state index is 10.9. The molecule has 0 atom stereocenters. The number of unbranched alkanes of at least 4 members (excludes halogenated alkanes) is 2. The van der Waals surface area contributed by atoms with Crippen molar-refractivity contribution < 1.29 is 14.3 Å². The maximum absolute atomic E-state index is 10.9. The zero-order valence-electron chi connectivity index (χ0n) is 11.8. The molecule has 3 heteroatoms. The normalized spacial score (nSPS) is 10.0. The standard InChI is InChI=1S/C16H22O3/c1-4-6-7-9-19-16-14(8-5-2)10-13(12-17)11-15(16)18-3/h5,10-12H,2,4,6-9H2,1,3H3. The van der Waals surface area contributed by atoms with E-state index < -0.39 is 0 Å². The van der Waals surface area contributed by atoms with Gasteiger partial charge in [-0.15, -0.1) is 6.58 Å². The minimum atomic E-state index is 0.592. The van der Waals surface area contributed by atoms with E-state index in [1.807, 2.05) is 6.07 Å². The number of rotatable bonds is 9. The van der Waals surface area contributed by atoms with Crippen LogP contribution in [0.15, 0.2) is 24.8 Å². The molecular weight excluding hydrogens is 240 g/mol. The first-order valence-corrected chi connectivity index (χ1v) is 6.66. The summed E-state index contributed by atoms with van der Waals surface area (Å²) in [6.45, 7) is 6.55. The van der Waals surface area contributed by atoms with Gasteiger partial charge in [0.1, 0.15) is 6.29 Å². The van der Waals surface area contributed by atoms with E-state index in [2.05, 4.69) is 13.5 Å². The predicted octanol–water partition coefficient (Wildman–Crippen LogP) is 3.81. The fourth-order valence-electron chi connectivity index (χ4n) is 1.90. The van der Waals surface area contributed by atoms with Crippen LogP contribution >= 0.6 is 0 Å². The predicted molar refractivity (Wildman–Crippen MR) is 77.3 cm³/mol. The van der Waals surface area contributed by atoms with Crippen molar-refractivity contribution in [3.63, 3.8) is 0 Å². The summed E-state index contributed by atoms with van der Waals surface area (Å²) in [5, 5.41) is 0. The lowest BCUT2D eigenvalue weighted by molar-refractivity contribution is 0.112. The van der Waals surface area contributed by atoms with Gasteiger partial charge < -0.3 is 9.47 Å². The molecule has 0 heterocycles. The molecule has 1 aromatic carbocycles. The number of hydrogen-bond donors (Lipinski definition) is 0. The molecule has 3 nitrogen and oxygen atoms in total. The van der Waals surface area contributed by atoms with E-state index in [-0.39, 0.29) is 0 Å². The molecule has 19 heavy (non-hydrogen) atoms. The van der Waals surface area contributed by atoms with E-state index in [0.717, 1.165) is 36.9 Å². The summed E-state index contributed by atoms with van der Waals surface area (Å²) in [4.78, 5) is 10.9. The third-order valence-corrected chi connectivity index (χ3v) is 2.87. The van der Waals surface area contributed by atoms with Crippen molar-refractivity contribution in [2.24, 2.45) is 0 Å². The van der Waals surface area contributed by atoms with Crippen LogP contribution in [0, 0.1) is 0 Å². The van der Waals surface area contributed by atoms with Gasteiger partial charge in [0.25, 0.3) is 0 Å². The SMILES string of the molecule is C=CCc1cc(C=O)cc(OC)c1OCCCCC. The summed E-state index contributed by atoms with van der Waals surface area (Å²) in [7, 11) is 1.58. The van der Waals surface area contributed by atoms with Crippen LogP contribution in [0.2, 0.25) is 0 Å². The number of hydrogen-bond acceptors (Lipinski definition) is 3. The molecular formula is C16H22O3. The smallest absolute Gasteiger partial charge is 0.164 e. The first-order chi connectivity index (χ1) is 9.26. The van der Waals surface area contributed by atoms with Crippen molar-refractivity contribution in [1.82, 2.24) is 0 Å². The molecule has 1 aromatic rings. The Balaban J connectivity index is 2.96. The molecule has 0 unspecified atom stereocenters. The Kier molecular flexibility index (Phi) is 6.72. The highest BCUT2D eigenvalue weighted by molar-refractivity contribution is 5.77. The second-order valence-electron chi connectivity index (χ2n) is 4.38. The number of carbonyl (C=O) groups excluding carboxylic acids is 1. The van der Waals surface area contributed by atoms with Crippen LogP contribution < -0.4 is 9.47 Å². The summed E-state index contributed by atoms with van der Waals surface area (Å²) < 4.78 is 11.1. The van der Waals surface area contributed by atoms with Crippen molar-refractivity contribution in [3.8, 4) is 11.5 Å². The molecule has 1 rings (SSSR count). The number of methoxy groups -OCH3 is 1. The molecule has 0 aromatic heterocycles. The molecule has 0 fully saturated rings. The van der Waals surface area contributed by atoms with Crippen molar-refractivity contribution in [3.05, 3.63) is 35.9 Å². The van der Waals surface area contributed by atoms with Crippen molar-refractivity contribution in [2.45, 2.75) is 32.6 Å². The van der Waals surface area contributed by atoms with Gasteiger partial charge in [0.2, 0.25) is 0 Å². The Labute approximate surface area is 115 Å². The lowest BCUT2D eigenvalue weighted by atomic mass is 10.1. The van der Waals surface area contributed by atoms with Crippen LogP contribution in [0.3, 0.4) is 0 Å². The molecule has 0 amide bonds. The fourth-order valence-corrected chi connectivity index (χ4v) is 1.90. The van der Waals surface area contributed by atoms with Crippen LogP contribution in [0.25, 0.3) is 0 Å². The quantitative estimate of drug-likeness (QED) is 0.386. The Bertz CT molecular complexity index is 424. The van der Waals surface area contributed by atoms with Crippen LogP contribution in [-0.2, 0) is 6.42 Å². The number of allylic oxidation sites excluding steroid dienone is 1. The topological polar surface area (TPSA) is 35.5 Å². The number of ether oxygens (including phenoxy) is 2. The van der Waals surface area contributed by atoms with Crippen LogP contribution in [0.5, 0.6) is 11.5 Å². The Morgan fingerprint density at radius 1 is 1.32 bits per heavy atom. The van der Waals surface area contributed by atoms with Gasteiger partial charge in [-0.3, -0.25) is 4.79 Å². The van der Waals surface area contributed by atoms with E-state index in [1.54, 1.807) is 19.3 Å². The number of benzene rings is 1. The van der Waals surface area contributed by atoms with Gasteiger partial charge in [-0.05, 0) is 25.0 Å². The molecule has 0 aliphatic carbocycles. The molecule has 0 saturated heterocycles. The molecule has 0 bridgehead atoms. The largest absolute Gasteiger partial charge is 0.493 e. The first-order valence-electron chi connectivity index (χ1n) is 6.66. The van der Waals surface area contributed by atoms with Crippen molar-refractivity contribution in [1.29, 1.82) is 0 Å². The maximum Gasteiger partial charge on any atom is 0.164 e. The number of aldehydes is 1. The van der Waals surface area contributed by atoms with Crippen LogP contribution in [-0.4, -0.2) is 20.0 Å². The zero-order valence-corrected chi connectivity index (χ0v) is 11.8. The zero-order chi connectivity index (χ0) is 14.1. The number of carbonyl (C=O) groups is 1. The minimum absolute atomic E-state index is 0.592. The van der Waals surface area contributed by atoms with E-state index in [1.165, 1.54) is 0 Å². The van der Waals surface area contributed by atoms with E-state index in [0.29, 0.717) is 24.3 Å². The summed E-state index contributed by atoms with van der Waals surface area (Å²) >= 11 is 0. The lowest BCUT2D eigenvalue weighted by Crippen LogP contribution is -2.03. The summed E-state index contributed by atoms with van der Waals surface area (Å²) in [6, 6.07) is 3.53. The minimum Gasteiger partial charge on any atom is -0.493 e. The average molecular weight is 262 g/mol. The molecule has 0 aliphatic rings. The Morgan fingerprint density at radius 2 is 2.11 bits per heavy atom. The lowest BCUT2D eigenvalue weighted by Gasteiger charge is -2.15. The Morgan fingerprint density at radius 3 is 2.68 bits per heavy atom. The van der Waals surface area contributed by atoms with E-state index in [9.17, 15) is 4.79 Å². The van der Waals surface area contributed by atoms with Crippen molar-refractivity contribution in [2.75, 3.05) is 13.7 Å². The molecule has 0 saturated carbocycles. The van der Waals surface area contributed by atoms with Gasteiger partial charge in [0.05, 0.1) is 13.7 Å². The third kappa shape index (κ3) is 4.43. The van der Waals surface area contributed by atoms with Crippen LogP contribution in [0.4, 0.5) is 0 Å². The van der Waals surface area contributed by atoms with Gasteiger partial charge in [0, 0.05) is 11.1 Å². The highest BCUT2D eigenvalue weighted by atomic mass is 16.5. The van der Waals surface area contributed by atoms with Crippen LogP contribution in [0.1, 0.15) is 42.1 Å². The second kappa shape index (κ2) is 8.35. The second-order valence-corrected chi connectivity index (χ2v) is 4.38. The summed E-state index contributed by atoms with van der Waals surface area (Å²) in [6.07, 6.45) is 6.58. The van der Waals surface area contributed by atoms with Crippen molar-refractivity contribution >= 4 is 6.29 Å². The van der Waals surface area contributed by atoms with E-state index >= 15 is 0 Å². The molecule has 0 aliphatic heterocycles. The van der Waals surface area contributed by atoms with E-state index in [4.69, 9.17) is 9.47 Å². The van der Waals surface area contributed by atoms with Gasteiger partial charge in [-0.1, -0.05) is 25.8 Å². The molecule has 0 radical (unpaired) electrons. The molecule has 0 spiro atoms. The highest BCUT2D eigenvalue weighted by Gasteiger charge is 2.12. The first kappa shape index (κ1) is 15.3. The molecule has 104 valence electrons. The fraction of sp³-hybridized carbons (Fsp3) is 0.438. The third-order valence-electron chi connectivity index (χ3n) is 2.87. The van der Waals surface area contributed by atoms with Gasteiger partial charge in [-0.2, -0.15) is 0 Å². The Hall–Kier alpha value is -1.77. The monoisotopic (exact) mass is 262 g/mol. The van der Waals surface area contributed by atoms with Gasteiger partial charge >= 0.3 is 0 Å². The summed E-state index contributed by atoms with van der Waals surface area (Å²) in [5.41, 5.74) is 1.53. The molecule has 0 N–H and O–H groups in total. The highest BCUT2D eigenvalue weighted by Crippen LogP contribution is 2.33. The van der Waals surface area contributed by atoms with Gasteiger partial charge in [0.15, 0.2) is 11.5 Å².